The van der Waals surface area contributed by atoms with Crippen LogP contribution in [0.25, 0.3) is 21.8 Å². The van der Waals surface area contributed by atoms with E-state index in [4.69, 9.17) is 5.26 Å². The normalized spacial score (nSPS) is 9.85. The number of fused-ring (bicyclic) bond motifs is 2. The summed E-state index contributed by atoms with van der Waals surface area (Å²) in [5, 5.41) is 28.9. The minimum Gasteiger partial charge on any atom is -0.255 e. The van der Waals surface area contributed by atoms with Gasteiger partial charge in [-0.25, -0.2) is 0 Å². The monoisotopic (exact) mass is 255 g/mol. The molecule has 0 aliphatic carbocycles. The van der Waals surface area contributed by atoms with Gasteiger partial charge >= 0.3 is 0 Å². The first-order valence-electron chi connectivity index (χ1n) is 5.71. The Hall–Kier alpha value is -3.49. The Morgan fingerprint density at radius 1 is 0.850 bits per heavy atom. The number of nitrogens with zero attached hydrogens (tertiary/aromatic N) is 5. The summed E-state index contributed by atoms with van der Waals surface area (Å²) in [5.74, 6) is 0. The molecule has 0 aliphatic heterocycles. The van der Waals surface area contributed by atoms with Gasteiger partial charge < -0.3 is 0 Å². The van der Waals surface area contributed by atoms with E-state index in [0.717, 1.165) is 0 Å². The van der Waals surface area contributed by atoms with Gasteiger partial charge in [0.05, 0.1) is 22.2 Å². The Kier molecular flexibility index (Phi) is 2.50. The Labute approximate surface area is 114 Å². The molecule has 0 amide bonds. The fraction of sp³-hybridized carbons (Fsp3) is 0. The van der Waals surface area contributed by atoms with Crippen LogP contribution < -0.4 is 0 Å². The van der Waals surface area contributed by atoms with Crippen LogP contribution in [0.2, 0.25) is 0 Å². The van der Waals surface area contributed by atoms with Crippen molar-refractivity contribution in [3.8, 4) is 18.2 Å². The fourth-order valence-corrected chi connectivity index (χ4v) is 2.25. The third-order valence-corrected chi connectivity index (χ3v) is 3.08. The summed E-state index contributed by atoms with van der Waals surface area (Å²) in [6, 6.07) is 11.3. The van der Waals surface area contributed by atoms with Gasteiger partial charge in [-0.1, -0.05) is 12.1 Å². The standard InChI is InChI=1S/C15H5N5/c16-5-9-8-20-15-12(7-18)14-10(3-1-2-4-19-14)11(6-17)13(9)15/h1-4,8H. The first-order chi connectivity index (χ1) is 9.81. The van der Waals surface area contributed by atoms with Gasteiger partial charge in [0.1, 0.15) is 23.8 Å². The minimum absolute atomic E-state index is 0.284. The van der Waals surface area contributed by atoms with Crippen LogP contribution in [0.4, 0.5) is 0 Å². The molecular weight excluding hydrogens is 250 g/mol. The van der Waals surface area contributed by atoms with Gasteiger partial charge in [-0.05, 0) is 6.07 Å². The molecular formula is C15H5N5. The number of rotatable bonds is 0. The third kappa shape index (κ3) is 1.40. The van der Waals surface area contributed by atoms with E-state index in [2.05, 4.69) is 22.1 Å². The van der Waals surface area contributed by atoms with Gasteiger partial charge in [0, 0.05) is 23.2 Å². The molecule has 1 aromatic carbocycles. The van der Waals surface area contributed by atoms with Gasteiger partial charge in [0.25, 0.3) is 0 Å². The Morgan fingerprint density at radius 3 is 2.35 bits per heavy atom. The molecule has 5 nitrogen and oxygen atoms in total. The van der Waals surface area contributed by atoms with Gasteiger partial charge in [0.2, 0.25) is 0 Å². The predicted octanol–water partition coefficient (Wildman–Crippen LogP) is 2.40. The quantitative estimate of drug-likeness (QED) is 0.614. The molecule has 0 unspecified atom stereocenters. The molecule has 90 valence electrons. The molecule has 2 heterocycles. The lowest BCUT2D eigenvalue weighted by molar-refractivity contribution is 1.40. The lowest BCUT2D eigenvalue weighted by Gasteiger charge is -2.01. The summed E-state index contributed by atoms with van der Waals surface area (Å²) in [4.78, 5) is 8.32. The first kappa shape index (κ1) is 11.6. The van der Waals surface area contributed by atoms with Gasteiger partial charge in [-0.3, -0.25) is 9.97 Å². The molecule has 0 aliphatic rings. The summed E-state index contributed by atoms with van der Waals surface area (Å²) in [6.07, 6.45) is 2.94. The van der Waals surface area contributed by atoms with E-state index < -0.39 is 0 Å². The molecule has 0 N–H and O–H groups in total. The number of benzene rings is 1. The summed E-state index contributed by atoms with van der Waals surface area (Å²) < 4.78 is 0. The maximum absolute atomic E-state index is 9.42. The second kappa shape index (κ2) is 4.31. The smallest absolute Gasteiger partial charge is 0.105 e. The van der Waals surface area contributed by atoms with Crippen LogP contribution in [0.5, 0.6) is 0 Å². The van der Waals surface area contributed by atoms with Crippen molar-refractivity contribution < 1.29 is 0 Å². The highest BCUT2D eigenvalue weighted by atomic mass is 14.7. The number of aromatic nitrogens is 2. The Bertz CT molecular complexity index is 983. The summed E-state index contributed by atoms with van der Waals surface area (Å²) in [7, 11) is 0. The Balaban J connectivity index is 2.76. The molecule has 0 atom stereocenters. The molecule has 0 radical (unpaired) electrons. The van der Waals surface area contributed by atoms with Gasteiger partial charge in [-0.2, -0.15) is 15.8 Å². The molecule has 20 heavy (non-hydrogen) atoms. The van der Waals surface area contributed by atoms with E-state index >= 15 is 0 Å². The van der Waals surface area contributed by atoms with Crippen molar-refractivity contribution in [3.05, 3.63) is 47.3 Å². The SMILES string of the molecule is N#Cc1c2nccccc2c(C#N)c2c(C#N)cnc12. The largest absolute Gasteiger partial charge is 0.255 e. The zero-order valence-electron chi connectivity index (χ0n) is 10.1. The average molecular weight is 255 g/mol. The predicted molar refractivity (Wildman–Crippen MR) is 71.2 cm³/mol. The van der Waals surface area contributed by atoms with Crippen LogP contribution in [0, 0.1) is 34.0 Å². The summed E-state index contributed by atoms with van der Waals surface area (Å²) >= 11 is 0. The molecule has 2 aromatic heterocycles. The molecule has 0 saturated heterocycles. The zero-order chi connectivity index (χ0) is 14.1. The molecule has 3 aromatic rings. The number of hydrogen-bond donors (Lipinski definition) is 0. The maximum atomic E-state index is 9.42. The highest BCUT2D eigenvalue weighted by Gasteiger charge is 2.18. The van der Waals surface area contributed by atoms with Crippen LogP contribution in [0.1, 0.15) is 16.7 Å². The lowest BCUT2D eigenvalue weighted by atomic mass is 9.99. The van der Waals surface area contributed by atoms with Crippen molar-refractivity contribution in [1.82, 2.24) is 9.97 Å². The van der Waals surface area contributed by atoms with Crippen LogP contribution in [-0.4, -0.2) is 9.97 Å². The molecule has 3 rings (SSSR count). The van der Waals surface area contributed by atoms with Crippen LogP contribution in [0.15, 0.2) is 30.6 Å². The number of hydrogen-bond acceptors (Lipinski definition) is 5. The van der Waals surface area contributed by atoms with Crippen molar-refractivity contribution in [2.45, 2.75) is 0 Å². The third-order valence-electron chi connectivity index (χ3n) is 3.08. The van der Waals surface area contributed by atoms with Crippen molar-refractivity contribution in [2.24, 2.45) is 0 Å². The minimum atomic E-state index is 0.284. The van der Waals surface area contributed by atoms with Crippen LogP contribution >= 0.6 is 0 Å². The highest BCUT2D eigenvalue weighted by Crippen LogP contribution is 2.32. The molecule has 0 fully saturated rings. The zero-order valence-corrected chi connectivity index (χ0v) is 10.1. The Morgan fingerprint density at radius 2 is 1.65 bits per heavy atom. The molecule has 0 bridgehead atoms. The van der Waals surface area contributed by atoms with Gasteiger partial charge in [-0.15, -0.1) is 0 Å². The van der Waals surface area contributed by atoms with E-state index in [0.29, 0.717) is 32.9 Å². The topological polar surface area (TPSA) is 97.1 Å². The van der Waals surface area contributed by atoms with Gasteiger partial charge in [0.15, 0.2) is 0 Å². The highest BCUT2D eigenvalue weighted by molar-refractivity contribution is 6.08. The van der Waals surface area contributed by atoms with Crippen molar-refractivity contribution in [3.63, 3.8) is 0 Å². The van der Waals surface area contributed by atoms with E-state index in [1.807, 2.05) is 6.07 Å². The van der Waals surface area contributed by atoms with E-state index in [1.54, 1.807) is 24.4 Å². The van der Waals surface area contributed by atoms with Crippen molar-refractivity contribution in [1.29, 1.82) is 15.8 Å². The fourth-order valence-electron chi connectivity index (χ4n) is 2.25. The van der Waals surface area contributed by atoms with E-state index in [-0.39, 0.29) is 5.56 Å². The lowest BCUT2D eigenvalue weighted by Crippen LogP contribution is -1.89. The second-order valence-corrected chi connectivity index (χ2v) is 4.07. The summed E-state index contributed by atoms with van der Waals surface area (Å²) in [5.41, 5.74) is 1.68. The number of nitriles is 3. The van der Waals surface area contributed by atoms with Crippen LogP contribution in [-0.2, 0) is 0 Å². The maximum Gasteiger partial charge on any atom is 0.105 e. The molecule has 5 heteroatoms. The average Bonchev–Trinajstić information content (AvgIpc) is 2.74. The van der Waals surface area contributed by atoms with E-state index in [9.17, 15) is 10.5 Å². The summed E-state index contributed by atoms with van der Waals surface area (Å²) in [6.45, 7) is 0. The molecule has 0 saturated carbocycles. The van der Waals surface area contributed by atoms with E-state index in [1.165, 1.54) is 6.20 Å². The van der Waals surface area contributed by atoms with Crippen molar-refractivity contribution in [2.75, 3.05) is 0 Å². The second-order valence-electron chi connectivity index (χ2n) is 4.07. The van der Waals surface area contributed by atoms with Crippen molar-refractivity contribution >= 4 is 21.8 Å². The molecule has 0 spiro atoms. The van der Waals surface area contributed by atoms with Crippen LogP contribution in [0.3, 0.4) is 0 Å². The first-order valence-corrected chi connectivity index (χ1v) is 5.71.